The van der Waals surface area contributed by atoms with Crippen molar-refractivity contribution in [1.82, 2.24) is 15.2 Å². The van der Waals surface area contributed by atoms with Gasteiger partial charge < -0.3 is 0 Å². The molecule has 0 bridgehead atoms. The first-order valence-electron chi connectivity index (χ1n) is 6.41. The van der Waals surface area contributed by atoms with E-state index in [2.05, 4.69) is 17.4 Å². The van der Waals surface area contributed by atoms with E-state index >= 15 is 0 Å². The fourth-order valence-electron chi connectivity index (χ4n) is 2.13. The molecule has 1 heterocycles. The van der Waals surface area contributed by atoms with Crippen molar-refractivity contribution in [2.24, 2.45) is 5.84 Å². The second-order valence-corrected chi connectivity index (χ2v) is 4.99. The number of benzene rings is 1. The molecule has 102 valence electrons. The minimum absolute atomic E-state index is 0.104. The summed E-state index contributed by atoms with van der Waals surface area (Å²) in [5, 5.41) is 5.08. The third-order valence-electron chi connectivity index (χ3n) is 3.18. The average Bonchev–Trinajstić information content (AvgIpc) is 2.83. The monoisotopic (exact) mass is 278 g/mol. The summed E-state index contributed by atoms with van der Waals surface area (Å²) in [6.45, 7) is 4.98. The first-order valence-corrected chi connectivity index (χ1v) is 6.79. The van der Waals surface area contributed by atoms with Crippen molar-refractivity contribution in [1.29, 1.82) is 0 Å². The van der Waals surface area contributed by atoms with Crippen LogP contribution >= 0.6 is 11.6 Å². The lowest BCUT2D eigenvalue weighted by Gasteiger charge is -2.18. The van der Waals surface area contributed by atoms with E-state index in [0.29, 0.717) is 0 Å². The molecule has 0 radical (unpaired) electrons. The Balaban J connectivity index is 2.38. The van der Waals surface area contributed by atoms with Crippen molar-refractivity contribution in [2.45, 2.75) is 32.9 Å². The maximum absolute atomic E-state index is 6.19. The Morgan fingerprint density at radius 2 is 2.21 bits per heavy atom. The molecule has 19 heavy (non-hydrogen) atoms. The van der Waals surface area contributed by atoms with E-state index in [4.69, 9.17) is 17.4 Å². The highest BCUT2D eigenvalue weighted by atomic mass is 35.5. The average molecular weight is 279 g/mol. The molecule has 0 saturated heterocycles. The molecule has 1 unspecified atom stereocenters. The lowest BCUT2D eigenvalue weighted by atomic mass is 10.0. The second kappa shape index (κ2) is 6.19. The predicted molar refractivity (Wildman–Crippen MR) is 77.9 cm³/mol. The number of aryl methyl sites for hydroxylation is 2. The summed E-state index contributed by atoms with van der Waals surface area (Å²) in [6, 6.07) is 7.86. The molecule has 4 nitrogen and oxygen atoms in total. The molecule has 0 aliphatic rings. The zero-order chi connectivity index (χ0) is 13.8. The van der Waals surface area contributed by atoms with Gasteiger partial charge in [-0.15, -0.1) is 0 Å². The van der Waals surface area contributed by atoms with Gasteiger partial charge in [-0.2, -0.15) is 5.10 Å². The summed E-state index contributed by atoms with van der Waals surface area (Å²) in [6.07, 6.45) is 2.83. The molecule has 0 aliphatic heterocycles. The molecule has 1 aromatic heterocycles. The van der Waals surface area contributed by atoms with E-state index in [1.165, 1.54) is 0 Å². The van der Waals surface area contributed by atoms with Crippen molar-refractivity contribution in [2.75, 3.05) is 0 Å². The third kappa shape index (κ3) is 2.97. The topological polar surface area (TPSA) is 55.9 Å². The SMILES string of the molecule is CCCn1nccc1C(NN)c1ccc(C)c(Cl)c1. The number of hydrogen-bond acceptors (Lipinski definition) is 3. The van der Waals surface area contributed by atoms with Crippen molar-refractivity contribution < 1.29 is 0 Å². The molecular weight excluding hydrogens is 260 g/mol. The van der Waals surface area contributed by atoms with Crippen LogP contribution in [0.15, 0.2) is 30.5 Å². The molecule has 2 aromatic rings. The Labute approximate surface area is 118 Å². The number of nitrogens with zero attached hydrogens (tertiary/aromatic N) is 2. The van der Waals surface area contributed by atoms with Gasteiger partial charge in [0.05, 0.1) is 11.7 Å². The van der Waals surface area contributed by atoms with E-state index in [0.717, 1.165) is 34.8 Å². The summed E-state index contributed by atoms with van der Waals surface area (Å²) < 4.78 is 1.97. The van der Waals surface area contributed by atoms with Gasteiger partial charge >= 0.3 is 0 Å². The number of hydrazine groups is 1. The number of nitrogens with two attached hydrogens (primary N) is 1. The van der Waals surface area contributed by atoms with Crippen molar-refractivity contribution in [3.05, 3.63) is 52.3 Å². The van der Waals surface area contributed by atoms with Gasteiger partial charge in [0, 0.05) is 17.8 Å². The second-order valence-electron chi connectivity index (χ2n) is 4.59. The number of hydrogen-bond donors (Lipinski definition) is 2. The van der Waals surface area contributed by atoms with Crippen molar-refractivity contribution in [3.63, 3.8) is 0 Å². The Hall–Kier alpha value is -1.36. The van der Waals surface area contributed by atoms with Gasteiger partial charge in [0.2, 0.25) is 0 Å². The largest absolute Gasteiger partial charge is 0.271 e. The Kier molecular flexibility index (Phi) is 4.58. The van der Waals surface area contributed by atoms with Gasteiger partial charge in [-0.25, -0.2) is 5.43 Å². The summed E-state index contributed by atoms with van der Waals surface area (Å²) in [7, 11) is 0. The van der Waals surface area contributed by atoms with Crippen LogP contribution in [0.2, 0.25) is 5.02 Å². The van der Waals surface area contributed by atoms with Crippen LogP contribution in [-0.2, 0) is 6.54 Å². The highest BCUT2D eigenvalue weighted by molar-refractivity contribution is 6.31. The fourth-order valence-corrected chi connectivity index (χ4v) is 2.32. The molecule has 1 aromatic carbocycles. The zero-order valence-corrected chi connectivity index (χ0v) is 12.0. The molecule has 3 N–H and O–H groups in total. The van der Waals surface area contributed by atoms with E-state index in [1.807, 2.05) is 35.9 Å². The van der Waals surface area contributed by atoms with Crippen LogP contribution in [0.3, 0.4) is 0 Å². The number of aromatic nitrogens is 2. The smallest absolute Gasteiger partial charge is 0.0878 e. The third-order valence-corrected chi connectivity index (χ3v) is 3.58. The molecule has 5 heteroatoms. The first kappa shape index (κ1) is 14.1. The maximum Gasteiger partial charge on any atom is 0.0878 e. The Morgan fingerprint density at radius 1 is 1.42 bits per heavy atom. The normalized spacial score (nSPS) is 12.6. The summed E-state index contributed by atoms with van der Waals surface area (Å²) in [4.78, 5) is 0. The van der Waals surface area contributed by atoms with Crippen molar-refractivity contribution in [3.8, 4) is 0 Å². The standard InChI is InChI=1S/C14H19ClN4/c1-3-8-19-13(6-7-17-19)14(18-16)11-5-4-10(2)12(15)9-11/h4-7,9,14,18H,3,8,16H2,1-2H3. The van der Waals surface area contributed by atoms with E-state index < -0.39 is 0 Å². The number of nitrogens with one attached hydrogen (secondary N) is 1. The van der Waals surface area contributed by atoms with E-state index in [-0.39, 0.29) is 6.04 Å². The predicted octanol–water partition coefficient (Wildman–Crippen LogP) is 2.81. The lowest BCUT2D eigenvalue weighted by molar-refractivity contribution is 0.521. The number of rotatable bonds is 5. The lowest BCUT2D eigenvalue weighted by Crippen LogP contribution is -2.30. The van der Waals surface area contributed by atoms with Gasteiger partial charge in [-0.1, -0.05) is 30.7 Å². The highest BCUT2D eigenvalue weighted by Gasteiger charge is 2.17. The zero-order valence-electron chi connectivity index (χ0n) is 11.2. The molecule has 2 rings (SSSR count). The first-order chi connectivity index (χ1) is 9.17. The molecule has 0 spiro atoms. The van der Waals surface area contributed by atoms with Gasteiger partial charge in [-0.05, 0) is 36.6 Å². The van der Waals surface area contributed by atoms with Gasteiger partial charge in [0.25, 0.3) is 0 Å². The van der Waals surface area contributed by atoms with E-state index in [1.54, 1.807) is 6.20 Å². The quantitative estimate of drug-likeness (QED) is 0.653. The molecule has 1 atom stereocenters. The molecule has 0 saturated carbocycles. The van der Waals surface area contributed by atoms with Crippen molar-refractivity contribution >= 4 is 11.6 Å². The molecule has 0 amide bonds. The van der Waals surface area contributed by atoms with E-state index in [9.17, 15) is 0 Å². The van der Waals surface area contributed by atoms with Crippen LogP contribution in [0, 0.1) is 6.92 Å². The van der Waals surface area contributed by atoms with Crippen LogP contribution in [0.1, 0.15) is 36.2 Å². The van der Waals surface area contributed by atoms with Gasteiger partial charge in [0.15, 0.2) is 0 Å². The minimum atomic E-state index is -0.104. The van der Waals surface area contributed by atoms with Crippen LogP contribution in [0.5, 0.6) is 0 Å². The maximum atomic E-state index is 6.19. The van der Waals surface area contributed by atoms with Gasteiger partial charge in [0.1, 0.15) is 0 Å². The van der Waals surface area contributed by atoms with Gasteiger partial charge in [-0.3, -0.25) is 10.5 Å². The summed E-state index contributed by atoms with van der Waals surface area (Å²) in [5.41, 5.74) is 5.99. The molecule has 0 fully saturated rings. The summed E-state index contributed by atoms with van der Waals surface area (Å²) >= 11 is 6.19. The Morgan fingerprint density at radius 3 is 2.84 bits per heavy atom. The fraction of sp³-hybridized carbons (Fsp3) is 0.357. The highest BCUT2D eigenvalue weighted by Crippen LogP contribution is 2.25. The van der Waals surface area contributed by atoms with Crippen LogP contribution in [-0.4, -0.2) is 9.78 Å². The molecule has 0 aliphatic carbocycles. The Bertz CT molecular complexity index is 550. The van der Waals surface area contributed by atoms with Crippen LogP contribution in [0.4, 0.5) is 0 Å². The number of halogens is 1. The minimum Gasteiger partial charge on any atom is -0.271 e. The van der Waals surface area contributed by atoms with Crippen LogP contribution in [0.25, 0.3) is 0 Å². The molecular formula is C14H19ClN4. The summed E-state index contributed by atoms with van der Waals surface area (Å²) in [5.74, 6) is 5.71. The van der Waals surface area contributed by atoms with Crippen LogP contribution < -0.4 is 11.3 Å².